The van der Waals surface area contributed by atoms with Gasteiger partial charge in [0.2, 0.25) is 21.8 Å². The molecule has 1 unspecified atom stereocenters. The van der Waals surface area contributed by atoms with E-state index < -0.39 is 16.1 Å². The molecule has 0 bridgehead atoms. The first-order valence-electron chi connectivity index (χ1n) is 12.0. The zero-order chi connectivity index (χ0) is 26.9. The zero-order valence-corrected chi connectivity index (χ0v) is 23.6. The topological polar surface area (TPSA) is 86.8 Å². The minimum atomic E-state index is -3.67. The van der Waals surface area contributed by atoms with E-state index in [0.717, 1.165) is 28.1 Å². The van der Waals surface area contributed by atoms with Crippen LogP contribution in [0.1, 0.15) is 50.7 Å². The lowest BCUT2D eigenvalue weighted by Crippen LogP contribution is -2.49. The largest absolute Gasteiger partial charge is 0.354 e. The number of halogens is 2. The van der Waals surface area contributed by atoms with Crippen LogP contribution in [0.2, 0.25) is 10.0 Å². The molecule has 2 aromatic carbocycles. The number of carbonyl (C=O) groups excluding carboxylic acids is 2. The van der Waals surface area contributed by atoms with E-state index in [1.54, 1.807) is 11.0 Å². The predicted molar refractivity (Wildman–Crippen MR) is 147 cm³/mol. The minimum absolute atomic E-state index is 0.0433. The number of anilines is 1. The third kappa shape index (κ3) is 8.39. The van der Waals surface area contributed by atoms with E-state index in [0.29, 0.717) is 24.5 Å². The number of nitrogens with zero attached hydrogens (tertiary/aromatic N) is 2. The van der Waals surface area contributed by atoms with Crippen molar-refractivity contribution in [2.45, 2.75) is 59.0 Å². The van der Waals surface area contributed by atoms with Crippen LogP contribution >= 0.6 is 23.2 Å². The number of hydrogen-bond acceptors (Lipinski definition) is 4. The Morgan fingerprint density at radius 3 is 2.39 bits per heavy atom. The molecule has 0 aromatic heterocycles. The average molecular weight is 557 g/mol. The van der Waals surface area contributed by atoms with Gasteiger partial charge in [-0.2, -0.15) is 0 Å². The fourth-order valence-electron chi connectivity index (χ4n) is 3.92. The van der Waals surface area contributed by atoms with Gasteiger partial charge in [0, 0.05) is 31.1 Å². The van der Waals surface area contributed by atoms with E-state index in [2.05, 4.69) is 5.32 Å². The maximum atomic E-state index is 13.5. The van der Waals surface area contributed by atoms with Crippen LogP contribution in [-0.2, 0) is 26.2 Å². The van der Waals surface area contributed by atoms with Crippen LogP contribution in [0, 0.1) is 6.92 Å². The van der Waals surface area contributed by atoms with Crippen LogP contribution in [0.3, 0.4) is 0 Å². The third-order valence-corrected chi connectivity index (χ3v) is 7.60. The Balaban J connectivity index is 2.25. The van der Waals surface area contributed by atoms with Crippen LogP contribution in [-0.4, -0.2) is 50.5 Å². The van der Waals surface area contributed by atoms with Crippen LogP contribution in [0.5, 0.6) is 0 Å². The molecule has 2 aromatic rings. The molecule has 0 saturated heterocycles. The summed E-state index contributed by atoms with van der Waals surface area (Å²) in [7, 11) is -3.67. The molecule has 1 atom stereocenters. The van der Waals surface area contributed by atoms with Crippen molar-refractivity contribution in [3.63, 3.8) is 0 Å². The SMILES string of the molecule is CCCNC(=O)C(CC)N(Cc1ccccc1C)C(=O)CCCN(c1cc(Cl)ccc1Cl)S(C)(=O)=O. The van der Waals surface area contributed by atoms with Crippen molar-refractivity contribution >= 4 is 50.7 Å². The number of hydrogen-bond donors (Lipinski definition) is 1. The number of nitrogens with one attached hydrogen (secondary N) is 1. The van der Waals surface area contributed by atoms with Gasteiger partial charge in [-0.1, -0.05) is 61.3 Å². The number of aryl methyl sites for hydroxylation is 1. The fourth-order valence-corrected chi connectivity index (χ4v) is 5.32. The summed E-state index contributed by atoms with van der Waals surface area (Å²) in [6.07, 6.45) is 2.64. The molecular formula is C26H35Cl2N3O4S. The molecule has 0 spiro atoms. The highest BCUT2D eigenvalue weighted by atomic mass is 35.5. The molecule has 0 saturated carbocycles. The quantitative estimate of drug-likeness (QED) is 0.368. The first kappa shape index (κ1) is 29.9. The molecule has 1 N–H and O–H groups in total. The average Bonchev–Trinajstić information content (AvgIpc) is 2.82. The zero-order valence-electron chi connectivity index (χ0n) is 21.3. The molecule has 0 radical (unpaired) electrons. The highest BCUT2D eigenvalue weighted by Crippen LogP contribution is 2.31. The van der Waals surface area contributed by atoms with Crippen molar-refractivity contribution in [3.05, 3.63) is 63.6 Å². The monoisotopic (exact) mass is 555 g/mol. The molecule has 0 aliphatic rings. The molecule has 2 rings (SSSR count). The Bertz CT molecular complexity index is 1160. The summed E-state index contributed by atoms with van der Waals surface area (Å²) in [5.41, 5.74) is 2.25. The summed E-state index contributed by atoms with van der Waals surface area (Å²) in [4.78, 5) is 28.0. The van der Waals surface area contributed by atoms with Crippen molar-refractivity contribution in [3.8, 4) is 0 Å². The van der Waals surface area contributed by atoms with Gasteiger partial charge in [-0.05, 0) is 55.5 Å². The molecule has 0 heterocycles. The smallest absolute Gasteiger partial charge is 0.242 e. The standard InChI is InChI=1S/C26H35Cl2N3O4S/c1-5-15-29-26(33)23(6-2)30(18-20-11-8-7-10-19(20)3)25(32)12-9-16-31(36(4,34)35)24-17-21(27)13-14-22(24)28/h7-8,10-11,13-14,17,23H,5-6,9,12,15-16,18H2,1-4H3,(H,29,33). The van der Waals surface area contributed by atoms with E-state index in [4.69, 9.17) is 23.2 Å². The lowest BCUT2D eigenvalue weighted by Gasteiger charge is -2.31. The molecule has 0 aliphatic heterocycles. The number of benzene rings is 2. The second-order valence-electron chi connectivity index (χ2n) is 8.70. The van der Waals surface area contributed by atoms with E-state index in [1.165, 1.54) is 12.1 Å². The number of rotatable bonds is 13. The van der Waals surface area contributed by atoms with Crippen molar-refractivity contribution in [2.24, 2.45) is 0 Å². The number of carbonyl (C=O) groups is 2. The Kier molecular flexibility index (Phi) is 11.5. The minimum Gasteiger partial charge on any atom is -0.354 e. The van der Waals surface area contributed by atoms with Crippen molar-refractivity contribution < 1.29 is 18.0 Å². The second kappa shape index (κ2) is 13.9. The summed E-state index contributed by atoms with van der Waals surface area (Å²) in [6.45, 7) is 6.68. The van der Waals surface area contributed by atoms with E-state index in [9.17, 15) is 18.0 Å². The van der Waals surface area contributed by atoms with E-state index >= 15 is 0 Å². The molecule has 7 nitrogen and oxygen atoms in total. The van der Waals surface area contributed by atoms with Crippen LogP contribution in [0.25, 0.3) is 0 Å². The molecule has 0 aliphatic carbocycles. The third-order valence-electron chi connectivity index (χ3n) is 5.87. The van der Waals surface area contributed by atoms with Crippen LogP contribution < -0.4 is 9.62 Å². The summed E-state index contributed by atoms with van der Waals surface area (Å²) >= 11 is 12.3. The molecule has 36 heavy (non-hydrogen) atoms. The van der Waals surface area contributed by atoms with Gasteiger partial charge in [-0.15, -0.1) is 0 Å². The summed E-state index contributed by atoms with van der Waals surface area (Å²) < 4.78 is 26.2. The first-order chi connectivity index (χ1) is 17.0. The number of sulfonamides is 1. The fraction of sp³-hybridized carbons (Fsp3) is 0.462. The predicted octanol–water partition coefficient (Wildman–Crippen LogP) is 5.18. The summed E-state index contributed by atoms with van der Waals surface area (Å²) in [6, 6.07) is 11.7. The molecule has 10 heteroatoms. The van der Waals surface area contributed by atoms with E-state index in [1.807, 2.05) is 45.0 Å². The van der Waals surface area contributed by atoms with Crippen LogP contribution in [0.15, 0.2) is 42.5 Å². The lowest BCUT2D eigenvalue weighted by atomic mass is 10.1. The van der Waals surface area contributed by atoms with Crippen molar-refractivity contribution in [1.82, 2.24) is 10.2 Å². The maximum absolute atomic E-state index is 13.5. The van der Waals surface area contributed by atoms with Gasteiger partial charge in [0.1, 0.15) is 6.04 Å². The highest BCUT2D eigenvalue weighted by Gasteiger charge is 2.29. The Hall–Kier alpha value is -2.29. The van der Waals surface area contributed by atoms with Crippen molar-refractivity contribution in [1.29, 1.82) is 0 Å². The van der Waals surface area contributed by atoms with Gasteiger partial charge in [-0.25, -0.2) is 8.42 Å². The first-order valence-corrected chi connectivity index (χ1v) is 14.6. The highest BCUT2D eigenvalue weighted by molar-refractivity contribution is 7.92. The molecule has 0 fully saturated rings. The molecule has 2 amide bonds. The molecular weight excluding hydrogens is 521 g/mol. The Morgan fingerprint density at radius 1 is 1.08 bits per heavy atom. The summed E-state index contributed by atoms with van der Waals surface area (Å²) in [5, 5.41) is 3.50. The lowest BCUT2D eigenvalue weighted by molar-refractivity contribution is -0.141. The van der Waals surface area contributed by atoms with Gasteiger partial charge < -0.3 is 10.2 Å². The van der Waals surface area contributed by atoms with Gasteiger partial charge in [0.25, 0.3) is 0 Å². The van der Waals surface area contributed by atoms with Crippen LogP contribution in [0.4, 0.5) is 5.69 Å². The molecule has 198 valence electrons. The summed E-state index contributed by atoms with van der Waals surface area (Å²) in [5.74, 6) is -0.410. The van der Waals surface area contributed by atoms with E-state index in [-0.39, 0.29) is 41.9 Å². The van der Waals surface area contributed by atoms with Crippen molar-refractivity contribution in [2.75, 3.05) is 23.7 Å². The van der Waals surface area contributed by atoms with Gasteiger partial charge >= 0.3 is 0 Å². The Labute approximate surface area is 224 Å². The second-order valence-corrected chi connectivity index (χ2v) is 11.4. The normalized spacial score (nSPS) is 12.2. The van der Waals surface area contributed by atoms with Gasteiger partial charge in [0.15, 0.2) is 0 Å². The van der Waals surface area contributed by atoms with Gasteiger partial charge in [0.05, 0.1) is 17.0 Å². The number of amides is 2. The van der Waals surface area contributed by atoms with Gasteiger partial charge in [-0.3, -0.25) is 13.9 Å². The Morgan fingerprint density at radius 2 is 1.78 bits per heavy atom. The maximum Gasteiger partial charge on any atom is 0.242 e.